The Hall–Kier alpha value is -2.38. The minimum absolute atomic E-state index is 0.145. The summed E-state index contributed by atoms with van der Waals surface area (Å²) in [5.41, 5.74) is 0.0521. The number of ether oxygens (including phenoxy) is 2. The molecule has 8 heteroatoms. The smallest absolute Gasteiger partial charge is 0.387 e. The van der Waals surface area contributed by atoms with Gasteiger partial charge in [-0.05, 0) is 81.3 Å². The second kappa shape index (κ2) is 8.19. The predicted molar refractivity (Wildman–Crippen MR) is 114 cm³/mol. The molecule has 1 N–H and O–H groups in total. The second-order valence-electron chi connectivity index (χ2n) is 10.1. The van der Waals surface area contributed by atoms with Crippen LogP contribution >= 0.6 is 0 Å². The van der Waals surface area contributed by atoms with E-state index in [1.165, 1.54) is 38.5 Å². The number of amides is 2. The molecule has 1 heterocycles. The van der Waals surface area contributed by atoms with Gasteiger partial charge >= 0.3 is 6.61 Å². The highest BCUT2D eigenvalue weighted by molar-refractivity contribution is 5.98. The Morgan fingerprint density at radius 3 is 2.34 bits per heavy atom. The zero-order chi connectivity index (χ0) is 22.5. The summed E-state index contributed by atoms with van der Waals surface area (Å²) in [6.45, 7) is -2.40. The first-order valence-corrected chi connectivity index (χ1v) is 11.6. The number of alkyl halides is 2. The van der Waals surface area contributed by atoms with Gasteiger partial charge in [-0.15, -0.1) is 0 Å². The first-order valence-electron chi connectivity index (χ1n) is 11.6. The summed E-state index contributed by atoms with van der Waals surface area (Å²) in [7, 11) is 1.36. The highest BCUT2D eigenvalue weighted by Crippen LogP contribution is 2.60. The maximum atomic E-state index is 13.8. The van der Waals surface area contributed by atoms with Gasteiger partial charge in [-0.2, -0.15) is 8.78 Å². The molecule has 1 aromatic carbocycles. The van der Waals surface area contributed by atoms with E-state index in [1.807, 2.05) is 0 Å². The van der Waals surface area contributed by atoms with Gasteiger partial charge in [-0.3, -0.25) is 9.59 Å². The lowest BCUT2D eigenvalue weighted by Gasteiger charge is -2.56. The van der Waals surface area contributed by atoms with E-state index >= 15 is 0 Å². The molecule has 5 aliphatic rings. The summed E-state index contributed by atoms with van der Waals surface area (Å²) in [6, 6.07) is 3.84. The third kappa shape index (κ3) is 3.82. The Labute approximate surface area is 186 Å². The molecule has 0 radical (unpaired) electrons. The van der Waals surface area contributed by atoms with E-state index in [0.29, 0.717) is 36.4 Å². The number of hydrogen-bond acceptors (Lipinski definition) is 4. The van der Waals surface area contributed by atoms with Crippen LogP contribution in [0.3, 0.4) is 0 Å². The largest absolute Gasteiger partial charge is 0.493 e. The molecule has 0 aromatic heterocycles. The van der Waals surface area contributed by atoms with Crippen molar-refractivity contribution in [3.63, 3.8) is 0 Å². The van der Waals surface area contributed by atoms with E-state index in [1.54, 1.807) is 11.0 Å². The van der Waals surface area contributed by atoms with Crippen LogP contribution in [0.2, 0.25) is 0 Å². The van der Waals surface area contributed by atoms with Crippen LogP contribution in [0.4, 0.5) is 14.5 Å². The summed E-state index contributed by atoms with van der Waals surface area (Å²) in [4.78, 5) is 28.7. The van der Waals surface area contributed by atoms with Crippen molar-refractivity contribution < 1.29 is 27.8 Å². The fourth-order valence-corrected chi connectivity index (χ4v) is 7.13. The molecule has 1 aromatic rings. The number of carbonyl (C=O) groups excluding carboxylic acids is 2. The van der Waals surface area contributed by atoms with Crippen molar-refractivity contribution in [1.82, 2.24) is 4.90 Å². The molecule has 4 bridgehead atoms. The molecule has 1 atom stereocenters. The summed E-state index contributed by atoms with van der Waals surface area (Å²) in [5, 5.41) is 2.79. The number of likely N-dealkylation sites (tertiary alicyclic amines) is 1. The van der Waals surface area contributed by atoms with Crippen molar-refractivity contribution in [2.75, 3.05) is 19.0 Å². The standard InChI is InChI=1S/C24H30F2N2O4/c1-31-19-5-4-17(10-20(19)32-23(25)26)27-21(29)18-3-2-6-28(18)22(30)24-11-14-7-15(12-24)9-16(8-14)13-24/h4-5,10,14-16,18,23H,2-3,6-9,11-13H2,1H3,(H,27,29)/t14?,15?,16?,18-,24?/m1/s1. The van der Waals surface area contributed by atoms with E-state index in [0.717, 1.165) is 25.7 Å². The average Bonchev–Trinajstić information content (AvgIpc) is 3.22. The van der Waals surface area contributed by atoms with Gasteiger partial charge in [0.25, 0.3) is 0 Å². The summed E-state index contributed by atoms with van der Waals surface area (Å²) in [5.74, 6) is 1.86. The molecule has 2 amide bonds. The SMILES string of the molecule is COc1ccc(NC(=O)[C@H]2CCCN2C(=O)C23CC4CC(CC(C4)C2)C3)cc1OC(F)F. The van der Waals surface area contributed by atoms with Crippen LogP contribution in [0.25, 0.3) is 0 Å². The van der Waals surface area contributed by atoms with Crippen molar-refractivity contribution in [3.05, 3.63) is 18.2 Å². The number of methoxy groups -OCH3 is 1. The maximum absolute atomic E-state index is 13.8. The molecular formula is C24H30F2N2O4. The number of carbonyl (C=O) groups is 2. The normalized spacial score (nSPS) is 32.9. The van der Waals surface area contributed by atoms with Crippen LogP contribution < -0.4 is 14.8 Å². The van der Waals surface area contributed by atoms with Gasteiger partial charge in [-0.25, -0.2) is 0 Å². The number of halogens is 2. The first-order chi connectivity index (χ1) is 15.4. The van der Waals surface area contributed by atoms with Gasteiger partial charge in [0.15, 0.2) is 11.5 Å². The lowest BCUT2D eigenvalue weighted by molar-refractivity contribution is -0.160. The van der Waals surface area contributed by atoms with E-state index in [9.17, 15) is 18.4 Å². The second-order valence-corrected chi connectivity index (χ2v) is 10.1. The van der Waals surface area contributed by atoms with Crippen LogP contribution in [0.5, 0.6) is 11.5 Å². The topological polar surface area (TPSA) is 67.9 Å². The van der Waals surface area contributed by atoms with Gasteiger partial charge in [0, 0.05) is 18.3 Å². The van der Waals surface area contributed by atoms with Gasteiger partial charge in [0.05, 0.1) is 12.5 Å². The maximum Gasteiger partial charge on any atom is 0.387 e. The van der Waals surface area contributed by atoms with Crippen LogP contribution in [0.1, 0.15) is 51.4 Å². The molecule has 174 valence electrons. The number of rotatable bonds is 6. The molecule has 1 saturated heterocycles. The van der Waals surface area contributed by atoms with E-state index in [-0.39, 0.29) is 28.7 Å². The van der Waals surface area contributed by atoms with Gasteiger partial charge in [0.2, 0.25) is 11.8 Å². The molecule has 32 heavy (non-hydrogen) atoms. The molecule has 6 rings (SSSR count). The van der Waals surface area contributed by atoms with Crippen LogP contribution in [-0.4, -0.2) is 43.0 Å². The van der Waals surface area contributed by atoms with Gasteiger partial charge < -0.3 is 19.7 Å². The minimum atomic E-state index is -3.00. The van der Waals surface area contributed by atoms with E-state index in [2.05, 4.69) is 10.1 Å². The molecule has 0 spiro atoms. The molecule has 5 fully saturated rings. The summed E-state index contributed by atoms with van der Waals surface area (Å²) >= 11 is 0. The van der Waals surface area contributed by atoms with E-state index < -0.39 is 12.7 Å². The fraction of sp³-hybridized carbons (Fsp3) is 0.667. The Balaban J connectivity index is 1.31. The number of hydrogen-bond donors (Lipinski definition) is 1. The highest BCUT2D eigenvalue weighted by Gasteiger charge is 2.56. The fourth-order valence-electron chi connectivity index (χ4n) is 7.13. The van der Waals surface area contributed by atoms with Crippen LogP contribution in [-0.2, 0) is 9.59 Å². The Bertz CT molecular complexity index is 871. The number of nitrogens with zero attached hydrogens (tertiary/aromatic N) is 1. The number of anilines is 1. The summed E-state index contributed by atoms with van der Waals surface area (Å²) < 4.78 is 35.0. The third-order valence-electron chi connectivity index (χ3n) is 7.96. The number of nitrogens with one attached hydrogen (secondary N) is 1. The Morgan fingerprint density at radius 1 is 1.09 bits per heavy atom. The van der Waals surface area contributed by atoms with Crippen LogP contribution in [0.15, 0.2) is 18.2 Å². The highest BCUT2D eigenvalue weighted by atomic mass is 19.3. The van der Waals surface area contributed by atoms with Crippen LogP contribution in [0, 0.1) is 23.2 Å². The van der Waals surface area contributed by atoms with Crippen molar-refractivity contribution in [3.8, 4) is 11.5 Å². The summed E-state index contributed by atoms with van der Waals surface area (Å²) in [6.07, 6.45) is 8.09. The van der Waals surface area contributed by atoms with Crippen molar-refractivity contribution in [1.29, 1.82) is 0 Å². The number of benzene rings is 1. The zero-order valence-electron chi connectivity index (χ0n) is 18.3. The minimum Gasteiger partial charge on any atom is -0.493 e. The first kappa shape index (κ1) is 21.5. The Morgan fingerprint density at radius 2 is 1.75 bits per heavy atom. The molecule has 0 unspecified atom stereocenters. The third-order valence-corrected chi connectivity index (χ3v) is 7.96. The van der Waals surface area contributed by atoms with Crippen molar-refractivity contribution >= 4 is 17.5 Å². The van der Waals surface area contributed by atoms with Gasteiger partial charge in [0.1, 0.15) is 6.04 Å². The average molecular weight is 449 g/mol. The molecule has 1 aliphatic heterocycles. The van der Waals surface area contributed by atoms with Crippen molar-refractivity contribution in [2.45, 2.75) is 64.0 Å². The van der Waals surface area contributed by atoms with Crippen molar-refractivity contribution in [2.24, 2.45) is 23.2 Å². The monoisotopic (exact) mass is 448 g/mol. The quantitative estimate of drug-likeness (QED) is 0.699. The lowest BCUT2D eigenvalue weighted by atomic mass is 9.49. The predicted octanol–water partition coefficient (Wildman–Crippen LogP) is 4.44. The molecule has 4 aliphatic carbocycles. The lowest BCUT2D eigenvalue weighted by Crippen LogP contribution is -2.56. The molecular weight excluding hydrogens is 418 g/mol. The Kier molecular flexibility index (Phi) is 5.50. The molecule has 6 nitrogen and oxygen atoms in total. The zero-order valence-corrected chi connectivity index (χ0v) is 18.3. The van der Waals surface area contributed by atoms with Gasteiger partial charge in [-0.1, -0.05) is 0 Å². The van der Waals surface area contributed by atoms with E-state index in [4.69, 9.17) is 4.74 Å². The molecule has 4 saturated carbocycles.